The highest BCUT2D eigenvalue weighted by molar-refractivity contribution is 9.10. The van der Waals surface area contributed by atoms with E-state index in [9.17, 15) is 10.1 Å². The van der Waals surface area contributed by atoms with Gasteiger partial charge in [-0.15, -0.1) is 0 Å². The Labute approximate surface area is 109 Å². The van der Waals surface area contributed by atoms with Crippen molar-refractivity contribution < 1.29 is 4.92 Å². The summed E-state index contributed by atoms with van der Waals surface area (Å²) in [7, 11) is 0. The lowest BCUT2D eigenvalue weighted by atomic mass is 9.95. The van der Waals surface area contributed by atoms with Gasteiger partial charge in [0.1, 0.15) is 0 Å². The van der Waals surface area contributed by atoms with Crippen LogP contribution in [0.25, 0.3) is 0 Å². The van der Waals surface area contributed by atoms with E-state index in [0.717, 1.165) is 13.1 Å². The third-order valence-electron chi connectivity index (χ3n) is 3.15. The summed E-state index contributed by atoms with van der Waals surface area (Å²) in [6, 6.07) is 0. The number of hydrogen-bond acceptors (Lipinski definition) is 3. The quantitative estimate of drug-likeness (QED) is 0.348. The van der Waals surface area contributed by atoms with Crippen molar-refractivity contribution in [3.63, 3.8) is 0 Å². The molecule has 2 rings (SSSR count). The highest BCUT2D eigenvalue weighted by atomic mass is 79.9. The molecule has 0 N–H and O–H groups in total. The molecule has 2 unspecified atom stereocenters. The molecule has 92 valence electrons. The molecule has 0 bridgehead atoms. The van der Waals surface area contributed by atoms with Crippen molar-refractivity contribution in [3.8, 4) is 0 Å². The molecule has 5 heteroatoms. The molecule has 1 aliphatic carbocycles. The van der Waals surface area contributed by atoms with Crippen LogP contribution in [0.1, 0.15) is 12.8 Å². The van der Waals surface area contributed by atoms with Crippen LogP contribution in [0, 0.1) is 16.0 Å². The molecular formula is C12H15BrN2O2. The van der Waals surface area contributed by atoms with Gasteiger partial charge in [0.2, 0.25) is 0 Å². The second-order valence-electron chi connectivity index (χ2n) is 4.34. The molecule has 4 nitrogen and oxygen atoms in total. The van der Waals surface area contributed by atoms with Gasteiger partial charge in [0.05, 0.1) is 5.92 Å². The SMILES string of the molecule is O=[N+]([O-])C1(Br)C=CC=CC1/C=C/N1CCCC1. The Morgan fingerprint density at radius 3 is 2.76 bits per heavy atom. The van der Waals surface area contributed by atoms with Crippen molar-refractivity contribution in [2.45, 2.75) is 17.3 Å². The Bertz CT molecular complexity index is 386. The van der Waals surface area contributed by atoms with Gasteiger partial charge in [0.25, 0.3) is 0 Å². The van der Waals surface area contributed by atoms with E-state index < -0.39 is 4.45 Å². The third kappa shape index (κ3) is 2.60. The molecule has 0 aromatic heterocycles. The standard InChI is InChI=1S/C12H15BrN2O2/c13-12(15(16)17)7-2-1-5-11(12)6-10-14-8-3-4-9-14/h1-2,5-7,10-11H,3-4,8-9H2/b10-6+. The highest BCUT2D eigenvalue weighted by Crippen LogP contribution is 2.35. The molecule has 1 fully saturated rings. The van der Waals surface area contributed by atoms with Gasteiger partial charge in [-0.3, -0.25) is 10.1 Å². The normalized spacial score (nSPS) is 32.5. The Hall–Kier alpha value is -1.10. The minimum absolute atomic E-state index is 0.247. The first kappa shape index (κ1) is 12.4. The molecule has 0 aromatic carbocycles. The van der Waals surface area contributed by atoms with Crippen molar-refractivity contribution in [2.75, 3.05) is 13.1 Å². The van der Waals surface area contributed by atoms with Gasteiger partial charge >= 0.3 is 4.45 Å². The van der Waals surface area contributed by atoms with Crippen molar-refractivity contribution >= 4 is 15.9 Å². The maximum Gasteiger partial charge on any atom is 0.302 e. The van der Waals surface area contributed by atoms with Crippen molar-refractivity contribution in [1.29, 1.82) is 0 Å². The fraction of sp³-hybridized carbons (Fsp3) is 0.500. The number of rotatable bonds is 3. The summed E-state index contributed by atoms with van der Waals surface area (Å²) >= 11 is 3.23. The van der Waals surface area contributed by atoms with Crippen LogP contribution in [0.5, 0.6) is 0 Å². The van der Waals surface area contributed by atoms with Crippen LogP contribution in [0.3, 0.4) is 0 Å². The summed E-state index contributed by atoms with van der Waals surface area (Å²) in [5.74, 6) is -0.247. The number of likely N-dealkylation sites (tertiary alicyclic amines) is 1. The minimum atomic E-state index is -1.20. The van der Waals surface area contributed by atoms with Crippen LogP contribution < -0.4 is 0 Å². The summed E-state index contributed by atoms with van der Waals surface area (Å²) in [5.41, 5.74) is 0. The fourth-order valence-electron chi connectivity index (χ4n) is 2.11. The van der Waals surface area contributed by atoms with Crippen LogP contribution in [0.4, 0.5) is 0 Å². The lowest BCUT2D eigenvalue weighted by molar-refractivity contribution is -0.526. The number of nitrogens with zero attached hydrogens (tertiary/aromatic N) is 2. The summed E-state index contributed by atoms with van der Waals surface area (Å²) in [5, 5.41) is 11.1. The number of hydrogen-bond donors (Lipinski definition) is 0. The van der Waals surface area contributed by atoms with Crippen LogP contribution in [-0.4, -0.2) is 27.4 Å². The molecule has 2 atom stereocenters. The summed E-state index contributed by atoms with van der Waals surface area (Å²) in [4.78, 5) is 13.0. The van der Waals surface area contributed by atoms with Crippen molar-refractivity contribution in [3.05, 3.63) is 46.7 Å². The minimum Gasteiger partial charge on any atom is -0.378 e. The maximum absolute atomic E-state index is 11.1. The molecule has 1 aliphatic heterocycles. The molecule has 1 heterocycles. The zero-order valence-electron chi connectivity index (χ0n) is 9.46. The first-order chi connectivity index (χ1) is 8.13. The lowest BCUT2D eigenvalue weighted by Crippen LogP contribution is -2.37. The molecule has 0 radical (unpaired) electrons. The smallest absolute Gasteiger partial charge is 0.302 e. The van der Waals surface area contributed by atoms with Crippen LogP contribution in [0.15, 0.2) is 36.6 Å². The molecular weight excluding hydrogens is 284 g/mol. The van der Waals surface area contributed by atoms with Gasteiger partial charge in [-0.25, -0.2) is 0 Å². The summed E-state index contributed by atoms with van der Waals surface area (Å²) in [6.45, 7) is 2.10. The first-order valence-corrected chi connectivity index (χ1v) is 6.54. The number of allylic oxidation sites excluding steroid dienone is 2. The molecule has 17 heavy (non-hydrogen) atoms. The Morgan fingerprint density at radius 1 is 1.41 bits per heavy atom. The second-order valence-corrected chi connectivity index (χ2v) is 5.61. The summed E-state index contributed by atoms with van der Waals surface area (Å²) < 4.78 is -1.20. The highest BCUT2D eigenvalue weighted by Gasteiger charge is 2.44. The number of halogens is 1. The van der Waals surface area contributed by atoms with E-state index in [0.29, 0.717) is 0 Å². The van der Waals surface area contributed by atoms with Gasteiger partial charge in [0.15, 0.2) is 0 Å². The van der Waals surface area contributed by atoms with Gasteiger partial charge in [-0.05, 0) is 19.0 Å². The van der Waals surface area contributed by atoms with Crippen LogP contribution in [0.2, 0.25) is 0 Å². The van der Waals surface area contributed by atoms with Crippen LogP contribution in [-0.2, 0) is 0 Å². The van der Waals surface area contributed by atoms with E-state index in [-0.39, 0.29) is 10.8 Å². The Morgan fingerprint density at radius 2 is 2.12 bits per heavy atom. The second kappa shape index (κ2) is 5.04. The van der Waals surface area contributed by atoms with E-state index >= 15 is 0 Å². The van der Waals surface area contributed by atoms with E-state index in [4.69, 9.17) is 0 Å². The van der Waals surface area contributed by atoms with Gasteiger partial charge < -0.3 is 4.90 Å². The van der Waals surface area contributed by atoms with Crippen molar-refractivity contribution in [2.24, 2.45) is 5.92 Å². The van der Waals surface area contributed by atoms with E-state index in [1.807, 2.05) is 24.4 Å². The largest absolute Gasteiger partial charge is 0.378 e. The molecule has 0 spiro atoms. The Balaban J connectivity index is 2.10. The monoisotopic (exact) mass is 298 g/mol. The fourth-order valence-corrected chi connectivity index (χ4v) is 2.57. The van der Waals surface area contributed by atoms with E-state index in [1.54, 1.807) is 12.2 Å². The molecule has 0 amide bonds. The zero-order chi connectivity index (χ0) is 12.3. The van der Waals surface area contributed by atoms with Gasteiger partial charge in [-0.2, -0.15) is 0 Å². The molecule has 0 saturated carbocycles. The molecule has 0 aromatic rings. The predicted molar refractivity (Wildman–Crippen MR) is 70.4 cm³/mol. The van der Waals surface area contributed by atoms with Crippen LogP contribution >= 0.6 is 15.9 Å². The van der Waals surface area contributed by atoms with Gasteiger partial charge in [0, 0.05) is 40.0 Å². The predicted octanol–water partition coefficient (Wildman–Crippen LogP) is 2.71. The van der Waals surface area contributed by atoms with E-state index in [1.165, 1.54) is 12.8 Å². The number of nitro groups is 1. The lowest BCUT2D eigenvalue weighted by Gasteiger charge is -2.23. The van der Waals surface area contributed by atoms with Gasteiger partial charge in [-0.1, -0.05) is 24.3 Å². The average Bonchev–Trinajstić information content (AvgIpc) is 2.81. The third-order valence-corrected chi connectivity index (χ3v) is 4.23. The average molecular weight is 299 g/mol. The van der Waals surface area contributed by atoms with E-state index in [2.05, 4.69) is 20.8 Å². The maximum atomic E-state index is 11.1. The first-order valence-electron chi connectivity index (χ1n) is 5.75. The molecule has 1 saturated heterocycles. The zero-order valence-corrected chi connectivity index (χ0v) is 11.0. The topological polar surface area (TPSA) is 46.4 Å². The number of alkyl halides is 1. The van der Waals surface area contributed by atoms with Crippen molar-refractivity contribution in [1.82, 2.24) is 4.90 Å². The summed E-state index contributed by atoms with van der Waals surface area (Å²) in [6.07, 6.45) is 13.3. The molecule has 2 aliphatic rings. The Kier molecular flexibility index (Phi) is 3.66.